The summed E-state index contributed by atoms with van der Waals surface area (Å²) in [5.74, 6) is 0.256. The molecule has 0 saturated carbocycles. The lowest BCUT2D eigenvalue weighted by Crippen LogP contribution is -2.10. The van der Waals surface area contributed by atoms with Gasteiger partial charge in [-0.3, -0.25) is 9.55 Å². The minimum absolute atomic E-state index is 0.256. The van der Waals surface area contributed by atoms with Crippen molar-refractivity contribution in [2.24, 2.45) is 0 Å². The number of nitrogens with zero attached hydrogens (tertiary/aromatic N) is 1. The molecule has 1 atom stereocenters. The highest BCUT2D eigenvalue weighted by Crippen LogP contribution is 2.62. The predicted molar refractivity (Wildman–Crippen MR) is 99.1 cm³/mol. The van der Waals surface area contributed by atoms with E-state index in [1.54, 1.807) is 26.2 Å². The number of benzene rings is 1. The number of aryl methyl sites for hydroxylation is 2. The zero-order valence-corrected chi connectivity index (χ0v) is 16.1. The van der Waals surface area contributed by atoms with Gasteiger partial charge < -0.3 is 14.2 Å². The Bertz CT molecular complexity index is 715. The van der Waals surface area contributed by atoms with Crippen molar-refractivity contribution >= 4 is 7.60 Å². The molecule has 0 bridgehead atoms. The van der Waals surface area contributed by atoms with Gasteiger partial charge in [-0.25, -0.2) is 0 Å². The van der Waals surface area contributed by atoms with Crippen molar-refractivity contribution in [1.29, 1.82) is 0 Å². The van der Waals surface area contributed by atoms with Gasteiger partial charge >= 0.3 is 7.60 Å². The molecule has 0 radical (unpaired) electrons. The zero-order valence-electron chi connectivity index (χ0n) is 15.2. The second kappa shape index (κ2) is 8.61. The number of phenolic OH excluding ortho intramolecular Hbond substituents is 1. The van der Waals surface area contributed by atoms with E-state index in [9.17, 15) is 9.67 Å². The molecular formula is C19H26NO4P. The van der Waals surface area contributed by atoms with Crippen LogP contribution in [0.4, 0.5) is 0 Å². The van der Waals surface area contributed by atoms with Gasteiger partial charge in [-0.15, -0.1) is 0 Å². The van der Waals surface area contributed by atoms with Crippen molar-refractivity contribution in [3.8, 4) is 5.75 Å². The van der Waals surface area contributed by atoms with Crippen LogP contribution in [0, 0.1) is 13.8 Å². The van der Waals surface area contributed by atoms with Crippen LogP contribution in [0.1, 0.15) is 41.8 Å². The lowest BCUT2D eigenvalue weighted by molar-refractivity contribution is 0.211. The Labute approximate surface area is 149 Å². The minimum Gasteiger partial charge on any atom is -0.507 e. The first-order valence-electron chi connectivity index (χ1n) is 8.49. The normalized spacial score (nSPS) is 13.0. The topological polar surface area (TPSA) is 68.7 Å². The van der Waals surface area contributed by atoms with Crippen LogP contribution < -0.4 is 0 Å². The van der Waals surface area contributed by atoms with Crippen molar-refractivity contribution in [2.75, 3.05) is 13.2 Å². The van der Waals surface area contributed by atoms with E-state index in [4.69, 9.17) is 9.05 Å². The maximum atomic E-state index is 13.5. The summed E-state index contributed by atoms with van der Waals surface area (Å²) in [6, 6.07) is 7.51. The first kappa shape index (κ1) is 19.6. The van der Waals surface area contributed by atoms with Crippen LogP contribution in [-0.4, -0.2) is 23.3 Å². The second-order valence-electron chi connectivity index (χ2n) is 5.96. The van der Waals surface area contributed by atoms with Gasteiger partial charge in [0.25, 0.3) is 0 Å². The molecule has 1 N–H and O–H groups in total. The van der Waals surface area contributed by atoms with E-state index in [-0.39, 0.29) is 5.75 Å². The third-order valence-electron chi connectivity index (χ3n) is 4.05. The molecule has 6 heteroatoms. The number of phenols is 1. The number of pyridine rings is 1. The quantitative estimate of drug-likeness (QED) is 0.672. The van der Waals surface area contributed by atoms with Gasteiger partial charge in [-0.2, -0.15) is 0 Å². The Kier molecular flexibility index (Phi) is 6.77. The molecule has 0 amide bonds. The summed E-state index contributed by atoms with van der Waals surface area (Å²) >= 11 is 0. The number of aromatic hydroxyl groups is 1. The highest BCUT2D eigenvalue weighted by Gasteiger charge is 2.37. The Balaban J connectivity index is 2.53. The SMILES string of the molecule is CCOP(=O)(OCC)C(Cc1cccnc1)c1cc(C)c(O)c(C)c1. The van der Waals surface area contributed by atoms with Crippen LogP contribution in [0.15, 0.2) is 36.7 Å². The van der Waals surface area contributed by atoms with E-state index in [1.165, 1.54) is 0 Å². The number of hydrogen-bond donors (Lipinski definition) is 1. The van der Waals surface area contributed by atoms with Gasteiger partial charge in [0.1, 0.15) is 5.75 Å². The highest BCUT2D eigenvalue weighted by atomic mass is 31.2. The average Bonchev–Trinajstić information content (AvgIpc) is 2.58. The molecule has 0 aliphatic rings. The average molecular weight is 363 g/mol. The van der Waals surface area contributed by atoms with Gasteiger partial charge in [-0.05, 0) is 62.4 Å². The van der Waals surface area contributed by atoms with Crippen LogP contribution in [0.2, 0.25) is 0 Å². The van der Waals surface area contributed by atoms with Crippen molar-refractivity contribution in [2.45, 2.75) is 39.8 Å². The third-order valence-corrected chi connectivity index (χ3v) is 6.53. The van der Waals surface area contributed by atoms with Crippen LogP contribution >= 0.6 is 7.60 Å². The summed E-state index contributed by atoms with van der Waals surface area (Å²) in [6.45, 7) is 7.88. The Hall–Kier alpha value is -1.68. The Morgan fingerprint density at radius 3 is 2.24 bits per heavy atom. The fourth-order valence-corrected chi connectivity index (χ4v) is 5.02. The molecule has 0 fully saturated rings. The Morgan fingerprint density at radius 1 is 1.16 bits per heavy atom. The van der Waals surface area contributed by atoms with Gasteiger partial charge in [0, 0.05) is 12.4 Å². The van der Waals surface area contributed by atoms with E-state index >= 15 is 0 Å². The molecule has 5 nitrogen and oxygen atoms in total. The molecular weight excluding hydrogens is 337 g/mol. The van der Waals surface area contributed by atoms with Gasteiger partial charge in [0.2, 0.25) is 0 Å². The summed E-state index contributed by atoms with van der Waals surface area (Å²) in [5.41, 5.74) is 2.81. The summed E-state index contributed by atoms with van der Waals surface area (Å²) < 4.78 is 24.7. The van der Waals surface area contributed by atoms with Crippen LogP contribution in [0.3, 0.4) is 0 Å². The predicted octanol–water partition coefficient (Wildman–Crippen LogP) is 4.95. The lowest BCUT2D eigenvalue weighted by Gasteiger charge is -2.27. The Morgan fingerprint density at radius 2 is 1.76 bits per heavy atom. The molecule has 1 aromatic heterocycles. The summed E-state index contributed by atoms with van der Waals surface area (Å²) in [6.07, 6.45) is 3.95. The van der Waals surface area contributed by atoms with Crippen molar-refractivity contribution < 1.29 is 18.7 Å². The largest absolute Gasteiger partial charge is 0.507 e. The molecule has 2 rings (SSSR count). The molecule has 0 saturated heterocycles. The summed E-state index contributed by atoms with van der Waals surface area (Å²) in [7, 11) is -3.38. The van der Waals surface area contributed by atoms with Gasteiger partial charge in [-0.1, -0.05) is 18.2 Å². The van der Waals surface area contributed by atoms with Crippen LogP contribution in [0.25, 0.3) is 0 Å². The highest BCUT2D eigenvalue weighted by molar-refractivity contribution is 7.54. The van der Waals surface area contributed by atoms with Gasteiger partial charge in [0.15, 0.2) is 0 Å². The first-order chi connectivity index (χ1) is 11.9. The zero-order chi connectivity index (χ0) is 18.4. The maximum Gasteiger partial charge on any atom is 0.338 e. The molecule has 25 heavy (non-hydrogen) atoms. The molecule has 1 unspecified atom stereocenters. The van der Waals surface area contributed by atoms with Crippen molar-refractivity contribution in [3.63, 3.8) is 0 Å². The van der Waals surface area contributed by atoms with Crippen LogP contribution in [0.5, 0.6) is 5.75 Å². The molecule has 0 aliphatic heterocycles. The smallest absolute Gasteiger partial charge is 0.338 e. The van der Waals surface area contributed by atoms with E-state index in [0.717, 1.165) is 22.3 Å². The summed E-state index contributed by atoms with van der Waals surface area (Å²) in [5, 5.41) is 10.1. The third kappa shape index (κ3) is 4.69. The van der Waals surface area contributed by atoms with Crippen LogP contribution in [-0.2, 0) is 20.0 Å². The molecule has 0 aliphatic carbocycles. The maximum absolute atomic E-state index is 13.5. The fourth-order valence-electron chi connectivity index (χ4n) is 2.91. The standard InChI is InChI=1S/C19H26NO4P/c1-5-23-25(22,24-6-2)18(12-16-8-7-9-20-13-16)17-10-14(3)19(21)15(4)11-17/h7-11,13,18,21H,5-6,12H2,1-4H3. The fraction of sp³-hybridized carbons (Fsp3) is 0.421. The molecule has 1 heterocycles. The minimum atomic E-state index is -3.38. The van der Waals surface area contributed by atoms with Crippen molar-refractivity contribution in [3.05, 3.63) is 58.9 Å². The van der Waals surface area contributed by atoms with Crippen molar-refractivity contribution in [1.82, 2.24) is 4.98 Å². The lowest BCUT2D eigenvalue weighted by atomic mass is 10.00. The van der Waals surface area contributed by atoms with E-state index < -0.39 is 13.3 Å². The van der Waals surface area contributed by atoms with Gasteiger partial charge in [0.05, 0.1) is 18.9 Å². The van der Waals surface area contributed by atoms with E-state index in [2.05, 4.69) is 4.98 Å². The molecule has 2 aromatic rings. The second-order valence-corrected chi connectivity index (χ2v) is 8.18. The molecule has 136 valence electrons. The number of rotatable bonds is 8. The monoisotopic (exact) mass is 363 g/mol. The van der Waals surface area contributed by atoms with E-state index in [1.807, 2.05) is 38.1 Å². The number of aromatic nitrogens is 1. The number of hydrogen-bond acceptors (Lipinski definition) is 5. The molecule has 0 spiro atoms. The first-order valence-corrected chi connectivity index (χ1v) is 10.1. The summed E-state index contributed by atoms with van der Waals surface area (Å²) in [4.78, 5) is 4.14. The van der Waals surface area contributed by atoms with E-state index in [0.29, 0.717) is 19.6 Å². The molecule has 1 aromatic carbocycles.